The Morgan fingerprint density at radius 1 is 1.03 bits per heavy atom. The topological polar surface area (TPSA) is 131 Å². The van der Waals surface area contributed by atoms with Gasteiger partial charge in [-0.25, -0.2) is 5.43 Å². The molecule has 1 fully saturated rings. The monoisotopic (exact) mass is 434 g/mol. The first-order valence-corrected chi connectivity index (χ1v) is 10.0. The number of aromatic nitrogens is 3. The Morgan fingerprint density at radius 3 is 2.41 bits per heavy atom. The number of nitrogens with one attached hydrogen (secondary N) is 2. The lowest BCUT2D eigenvalue weighted by molar-refractivity contribution is -0.384. The van der Waals surface area contributed by atoms with Gasteiger partial charge in [0.15, 0.2) is 0 Å². The van der Waals surface area contributed by atoms with E-state index in [0.717, 1.165) is 11.3 Å². The SMILES string of the molecule is C/C(=N/Nc1nc(Nc2ccc([N+](=O)[O-])cc2)nc(N2CCOCC2)n1)c1ccccc1. The number of morpholine rings is 1. The molecule has 1 aliphatic rings. The quantitative estimate of drug-likeness (QED) is 0.327. The molecule has 11 heteroatoms. The van der Waals surface area contributed by atoms with Crippen molar-refractivity contribution in [1.82, 2.24) is 15.0 Å². The van der Waals surface area contributed by atoms with Gasteiger partial charge in [-0.05, 0) is 24.6 Å². The Morgan fingerprint density at radius 2 is 1.72 bits per heavy atom. The minimum Gasteiger partial charge on any atom is -0.378 e. The number of ether oxygens (including phenoxy) is 1. The molecule has 0 bridgehead atoms. The van der Waals surface area contributed by atoms with Crippen LogP contribution in [0.25, 0.3) is 0 Å². The molecule has 0 amide bonds. The van der Waals surface area contributed by atoms with Crippen molar-refractivity contribution in [2.75, 3.05) is 41.9 Å². The molecule has 0 unspecified atom stereocenters. The standard InChI is InChI=1S/C21H22N8O3/c1-15(16-5-3-2-4-6-16)26-27-20-23-19(22-17-7-9-18(10-8-17)29(30)31)24-21(25-20)28-11-13-32-14-12-28/h2-10H,11-14H2,1H3,(H2,22,23,24,25,27)/b26-15-. The number of rotatable bonds is 7. The summed E-state index contributed by atoms with van der Waals surface area (Å²) in [4.78, 5) is 25.9. The van der Waals surface area contributed by atoms with Gasteiger partial charge in [0.2, 0.25) is 17.8 Å². The molecule has 2 heterocycles. The van der Waals surface area contributed by atoms with Gasteiger partial charge in [0.1, 0.15) is 0 Å². The van der Waals surface area contributed by atoms with Crippen LogP contribution in [-0.4, -0.2) is 51.9 Å². The van der Waals surface area contributed by atoms with E-state index in [-0.39, 0.29) is 11.6 Å². The van der Waals surface area contributed by atoms with Crippen LogP contribution >= 0.6 is 0 Å². The summed E-state index contributed by atoms with van der Waals surface area (Å²) in [7, 11) is 0. The fraction of sp³-hybridized carbons (Fsp3) is 0.238. The van der Waals surface area contributed by atoms with Gasteiger partial charge in [-0.1, -0.05) is 30.3 Å². The lowest BCUT2D eigenvalue weighted by Gasteiger charge is -2.27. The summed E-state index contributed by atoms with van der Waals surface area (Å²) >= 11 is 0. The highest BCUT2D eigenvalue weighted by Gasteiger charge is 2.17. The number of nitrogens with zero attached hydrogens (tertiary/aromatic N) is 6. The highest BCUT2D eigenvalue weighted by atomic mass is 16.6. The van der Waals surface area contributed by atoms with Crippen LogP contribution in [0.15, 0.2) is 59.7 Å². The molecule has 0 radical (unpaired) electrons. The summed E-state index contributed by atoms with van der Waals surface area (Å²) in [5.41, 5.74) is 5.29. The van der Waals surface area contributed by atoms with Crippen LogP contribution in [0.2, 0.25) is 0 Å². The minimum absolute atomic E-state index is 0.00767. The van der Waals surface area contributed by atoms with E-state index in [1.165, 1.54) is 12.1 Å². The minimum atomic E-state index is -0.446. The van der Waals surface area contributed by atoms with Gasteiger partial charge in [-0.15, -0.1) is 0 Å². The van der Waals surface area contributed by atoms with Crippen molar-refractivity contribution in [2.24, 2.45) is 5.10 Å². The average Bonchev–Trinajstić information content (AvgIpc) is 2.84. The number of nitro groups is 1. The molecule has 3 aromatic rings. The molecule has 2 N–H and O–H groups in total. The number of hydrogen-bond acceptors (Lipinski definition) is 10. The number of nitro benzene ring substituents is 1. The van der Waals surface area contributed by atoms with Crippen molar-refractivity contribution in [3.63, 3.8) is 0 Å². The first-order valence-electron chi connectivity index (χ1n) is 10.0. The lowest BCUT2D eigenvalue weighted by Crippen LogP contribution is -2.37. The summed E-state index contributed by atoms with van der Waals surface area (Å²) < 4.78 is 5.41. The van der Waals surface area contributed by atoms with Crippen LogP contribution < -0.4 is 15.6 Å². The van der Waals surface area contributed by atoms with E-state index in [4.69, 9.17) is 4.74 Å². The number of benzene rings is 2. The Balaban J connectivity index is 1.59. The molecular formula is C21H22N8O3. The third kappa shape index (κ3) is 5.32. The van der Waals surface area contributed by atoms with Crippen molar-refractivity contribution in [3.05, 3.63) is 70.3 Å². The van der Waals surface area contributed by atoms with Crippen molar-refractivity contribution >= 4 is 34.9 Å². The van der Waals surface area contributed by atoms with Crippen LogP contribution in [-0.2, 0) is 4.74 Å². The van der Waals surface area contributed by atoms with E-state index in [1.807, 2.05) is 42.2 Å². The summed E-state index contributed by atoms with van der Waals surface area (Å²) in [5, 5.41) is 18.4. The first kappa shape index (κ1) is 21.1. The maximum Gasteiger partial charge on any atom is 0.269 e. The zero-order chi connectivity index (χ0) is 22.3. The van der Waals surface area contributed by atoms with Crippen LogP contribution in [0.5, 0.6) is 0 Å². The normalized spacial score (nSPS) is 14.2. The molecule has 4 rings (SSSR count). The van der Waals surface area contributed by atoms with Gasteiger partial charge in [-0.3, -0.25) is 10.1 Å². The predicted octanol–water partition coefficient (Wildman–Crippen LogP) is 3.20. The van der Waals surface area contributed by atoms with Crippen LogP contribution in [0.1, 0.15) is 12.5 Å². The van der Waals surface area contributed by atoms with Crippen LogP contribution in [0.4, 0.5) is 29.2 Å². The Labute approximate surface area is 184 Å². The number of anilines is 4. The van der Waals surface area contributed by atoms with Crippen LogP contribution in [0, 0.1) is 10.1 Å². The predicted molar refractivity (Wildman–Crippen MR) is 122 cm³/mol. The van der Waals surface area contributed by atoms with E-state index < -0.39 is 4.92 Å². The first-order chi connectivity index (χ1) is 15.6. The molecule has 164 valence electrons. The highest BCUT2D eigenvalue weighted by Crippen LogP contribution is 2.21. The van der Waals surface area contributed by atoms with Crippen LogP contribution in [0.3, 0.4) is 0 Å². The van der Waals surface area contributed by atoms with Gasteiger partial charge in [-0.2, -0.15) is 20.1 Å². The van der Waals surface area contributed by atoms with Gasteiger partial charge in [0, 0.05) is 30.9 Å². The smallest absolute Gasteiger partial charge is 0.269 e. The molecule has 0 aliphatic carbocycles. The zero-order valence-corrected chi connectivity index (χ0v) is 17.4. The zero-order valence-electron chi connectivity index (χ0n) is 17.4. The van der Waals surface area contributed by atoms with Gasteiger partial charge in [0.25, 0.3) is 5.69 Å². The second kappa shape index (κ2) is 9.79. The van der Waals surface area contributed by atoms with E-state index >= 15 is 0 Å². The number of hydrazone groups is 1. The van der Waals surface area contributed by atoms with Crippen molar-refractivity contribution in [1.29, 1.82) is 0 Å². The van der Waals surface area contributed by atoms with Crippen molar-refractivity contribution in [3.8, 4) is 0 Å². The molecule has 1 aliphatic heterocycles. The third-order valence-corrected chi connectivity index (χ3v) is 4.77. The summed E-state index contributed by atoms with van der Waals surface area (Å²) in [6, 6.07) is 15.8. The fourth-order valence-corrected chi connectivity index (χ4v) is 3.05. The number of hydrogen-bond donors (Lipinski definition) is 2. The second-order valence-corrected chi connectivity index (χ2v) is 6.99. The third-order valence-electron chi connectivity index (χ3n) is 4.77. The van der Waals surface area contributed by atoms with Gasteiger partial charge in [0.05, 0.1) is 23.8 Å². The average molecular weight is 434 g/mol. The molecule has 0 saturated carbocycles. The molecule has 2 aromatic carbocycles. The summed E-state index contributed by atoms with van der Waals surface area (Å²) in [6.45, 7) is 4.39. The lowest BCUT2D eigenvalue weighted by atomic mass is 10.1. The second-order valence-electron chi connectivity index (χ2n) is 6.99. The molecular weight excluding hydrogens is 412 g/mol. The number of non-ortho nitro benzene ring substituents is 1. The largest absolute Gasteiger partial charge is 0.378 e. The highest BCUT2D eigenvalue weighted by molar-refractivity contribution is 5.98. The molecule has 11 nitrogen and oxygen atoms in total. The van der Waals surface area contributed by atoms with E-state index in [9.17, 15) is 10.1 Å². The summed E-state index contributed by atoms with van der Waals surface area (Å²) in [6.07, 6.45) is 0. The van der Waals surface area contributed by atoms with Gasteiger partial charge >= 0.3 is 0 Å². The van der Waals surface area contributed by atoms with E-state index in [0.29, 0.717) is 43.9 Å². The molecule has 32 heavy (non-hydrogen) atoms. The van der Waals surface area contributed by atoms with Crippen molar-refractivity contribution in [2.45, 2.75) is 6.92 Å². The maximum atomic E-state index is 10.9. The molecule has 0 spiro atoms. The molecule has 1 saturated heterocycles. The fourth-order valence-electron chi connectivity index (χ4n) is 3.05. The molecule has 1 aromatic heterocycles. The van der Waals surface area contributed by atoms with E-state index in [1.54, 1.807) is 12.1 Å². The van der Waals surface area contributed by atoms with Gasteiger partial charge < -0.3 is 15.0 Å². The van der Waals surface area contributed by atoms with E-state index in [2.05, 4.69) is 30.8 Å². The molecule has 0 atom stereocenters. The Kier molecular flexibility index (Phi) is 6.46. The van der Waals surface area contributed by atoms with Crippen molar-refractivity contribution < 1.29 is 9.66 Å². The Hall–Kier alpha value is -4.12. The summed E-state index contributed by atoms with van der Waals surface area (Å²) in [5.74, 6) is 1.06. The maximum absolute atomic E-state index is 10.9. The Bertz CT molecular complexity index is 1100.